The van der Waals surface area contributed by atoms with Gasteiger partial charge in [-0.15, -0.1) is 0 Å². The molecule has 4 nitrogen and oxygen atoms in total. The van der Waals surface area contributed by atoms with Gasteiger partial charge in [0.25, 0.3) is 0 Å². The zero-order chi connectivity index (χ0) is 13.9. The van der Waals surface area contributed by atoms with E-state index in [4.69, 9.17) is 0 Å². The van der Waals surface area contributed by atoms with Gasteiger partial charge in [-0.1, -0.05) is 13.0 Å². The molecule has 0 aromatic heterocycles. The molecule has 102 valence electrons. The Morgan fingerprint density at radius 2 is 1.89 bits per heavy atom. The highest BCUT2D eigenvalue weighted by molar-refractivity contribution is 7.89. The lowest BCUT2D eigenvalue weighted by atomic mass is 10.1. The van der Waals surface area contributed by atoms with Crippen molar-refractivity contribution in [2.45, 2.75) is 32.2 Å². The van der Waals surface area contributed by atoms with Crippen LogP contribution in [0.3, 0.4) is 0 Å². The number of rotatable bonds is 5. The maximum Gasteiger partial charge on any atom is 0.243 e. The maximum atomic E-state index is 12.4. The second kappa shape index (κ2) is 5.82. The number of nitrogens with one attached hydrogen (secondary N) is 1. The summed E-state index contributed by atoms with van der Waals surface area (Å²) in [6, 6.07) is 3.79. The Morgan fingerprint density at radius 1 is 1.28 bits per heavy atom. The summed E-state index contributed by atoms with van der Waals surface area (Å²) in [4.78, 5) is 0.414. The van der Waals surface area contributed by atoms with Crippen LogP contribution in [0, 0.1) is 13.8 Å². The molecular formula is C13H22N2O2S. The lowest BCUT2D eigenvalue weighted by molar-refractivity contribution is 0.485. The van der Waals surface area contributed by atoms with Crippen molar-refractivity contribution in [3.63, 3.8) is 0 Å². The van der Waals surface area contributed by atoms with Crippen molar-refractivity contribution < 1.29 is 8.42 Å². The van der Waals surface area contributed by atoms with Gasteiger partial charge in [-0.05, 0) is 43.7 Å². The Hall–Kier alpha value is -0.910. The number of benzene rings is 1. The predicted octanol–water partition coefficient (Wildman–Crippen LogP) is 1.66. The Balaban J connectivity index is 3.40. The quantitative estimate of drug-likeness (QED) is 0.885. The summed E-state index contributed by atoms with van der Waals surface area (Å²) >= 11 is 0. The first-order valence-electron chi connectivity index (χ1n) is 6.05. The van der Waals surface area contributed by atoms with Crippen LogP contribution in [0.5, 0.6) is 0 Å². The minimum atomic E-state index is -3.38. The zero-order valence-corrected chi connectivity index (χ0v) is 12.6. The van der Waals surface area contributed by atoms with Gasteiger partial charge in [0, 0.05) is 20.1 Å². The number of hydrogen-bond donors (Lipinski definition) is 1. The highest BCUT2D eigenvalue weighted by atomic mass is 32.2. The lowest BCUT2D eigenvalue weighted by Gasteiger charge is -2.18. The molecule has 5 heteroatoms. The molecule has 1 aromatic rings. The number of hydrogen-bond acceptors (Lipinski definition) is 3. The normalized spacial score (nSPS) is 12.1. The van der Waals surface area contributed by atoms with Crippen molar-refractivity contribution in [1.29, 1.82) is 0 Å². The Bertz CT molecular complexity index is 524. The van der Waals surface area contributed by atoms with Crippen LogP contribution in [-0.2, 0) is 16.6 Å². The summed E-state index contributed by atoms with van der Waals surface area (Å²) in [6.07, 6.45) is 0. The third-order valence-corrected chi connectivity index (χ3v) is 5.25. The molecule has 0 unspecified atom stereocenters. The number of nitrogens with zero attached hydrogens (tertiary/aromatic N) is 1. The van der Waals surface area contributed by atoms with Crippen LogP contribution in [0.4, 0.5) is 0 Å². The topological polar surface area (TPSA) is 49.4 Å². The highest BCUT2D eigenvalue weighted by Gasteiger charge is 2.22. The molecular weight excluding hydrogens is 248 g/mol. The molecule has 0 heterocycles. The molecule has 0 fully saturated rings. The summed E-state index contributed by atoms with van der Waals surface area (Å²) in [5, 5.41) is 3.04. The van der Waals surface area contributed by atoms with Gasteiger partial charge in [-0.3, -0.25) is 0 Å². The van der Waals surface area contributed by atoms with E-state index in [0.29, 0.717) is 18.0 Å². The third-order valence-electron chi connectivity index (χ3n) is 3.19. The van der Waals surface area contributed by atoms with Crippen LogP contribution in [0.15, 0.2) is 17.0 Å². The van der Waals surface area contributed by atoms with Crippen LogP contribution in [0.1, 0.15) is 23.6 Å². The minimum absolute atomic E-state index is 0.414. The minimum Gasteiger partial charge on any atom is -0.316 e. The molecule has 0 saturated heterocycles. The van der Waals surface area contributed by atoms with Gasteiger partial charge in [0.1, 0.15) is 0 Å². The van der Waals surface area contributed by atoms with Crippen molar-refractivity contribution in [3.8, 4) is 0 Å². The van der Waals surface area contributed by atoms with Gasteiger partial charge in [0.2, 0.25) is 10.0 Å². The highest BCUT2D eigenvalue weighted by Crippen LogP contribution is 2.23. The molecule has 0 spiro atoms. The SMILES string of the molecule is CCN(C)S(=O)(=O)c1cc(CNC)cc(C)c1C. The molecule has 0 aliphatic rings. The third kappa shape index (κ3) is 2.91. The average Bonchev–Trinajstić information content (AvgIpc) is 2.32. The van der Waals surface area contributed by atoms with Gasteiger partial charge >= 0.3 is 0 Å². The molecule has 0 amide bonds. The van der Waals surface area contributed by atoms with Gasteiger partial charge in [0.15, 0.2) is 0 Å². The van der Waals surface area contributed by atoms with Gasteiger partial charge in [-0.25, -0.2) is 12.7 Å². The number of sulfonamides is 1. The molecule has 1 aromatic carbocycles. The van der Waals surface area contributed by atoms with Crippen LogP contribution >= 0.6 is 0 Å². The molecule has 1 N–H and O–H groups in total. The fourth-order valence-electron chi connectivity index (χ4n) is 1.81. The van der Waals surface area contributed by atoms with Gasteiger partial charge in [-0.2, -0.15) is 0 Å². The monoisotopic (exact) mass is 270 g/mol. The van der Waals surface area contributed by atoms with E-state index in [1.54, 1.807) is 13.1 Å². The van der Waals surface area contributed by atoms with E-state index in [1.807, 2.05) is 33.9 Å². The van der Waals surface area contributed by atoms with Crippen molar-refractivity contribution in [3.05, 3.63) is 28.8 Å². The smallest absolute Gasteiger partial charge is 0.243 e. The Kier molecular flexibility index (Phi) is 4.90. The van der Waals surface area contributed by atoms with E-state index in [1.165, 1.54) is 4.31 Å². The van der Waals surface area contributed by atoms with Crippen LogP contribution in [0.25, 0.3) is 0 Å². The van der Waals surface area contributed by atoms with E-state index in [2.05, 4.69) is 5.32 Å². The summed E-state index contributed by atoms with van der Waals surface area (Å²) in [5.41, 5.74) is 2.82. The van der Waals surface area contributed by atoms with Crippen molar-refractivity contribution in [2.24, 2.45) is 0 Å². The molecule has 18 heavy (non-hydrogen) atoms. The first kappa shape index (κ1) is 15.1. The van der Waals surface area contributed by atoms with Crippen molar-refractivity contribution in [2.75, 3.05) is 20.6 Å². The molecule has 0 aliphatic heterocycles. The fourth-order valence-corrected chi connectivity index (χ4v) is 3.33. The molecule has 0 saturated carbocycles. The summed E-state index contributed by atoms with van der Waals surface area (Å²) < 4.78 is 26.2. The molecule has 1 rings (SSSR count). The average molecular weight is 270 g/mol. The van der Waals surface area contributed by atoms with Crippen LogP contribution in [0.2, 0.25) is 0 Å². The Morgan fingerprint density at radius 3 is 2.39 bits per heavy atom. The summed E-state index contributed by atoms with van der Waals surface area (Å²) in [6.45, 7) is 6.77. The zero-order valence-electron chi connectivity index (χ0n) is 11.7. The second-order valence-corrected chi connectivity index (χ2v) is 6.50. The van der Waals surface area contributed by atoms with Crippen molar-refractivity contribution in [1.82, 2.24) is 9.62 Å². The second-order valence-electron chi connectivity index (χ2n) is 4.49. The first-order valence-corrected chi connectivity index (χ1v) is 7.49. The van der Waals surface area contributed by atoms with Gasteiger partial charge < -0.3 is 5.32 Å². The predicted molar refractivity (Wildman–Crippen MR) is 74.2 cm³/mol. The molecule has 0 radical (unpaired) electrons. The maximum absolute atomic E-state index is 12.4. The largest absolute Gasteiger partial charge is 0.316 e. The molecule has 0 bridgehead atoms. The lowest BCUT2D eigenvalue weighted by Crippen LogP contribution is -2.27. The standard InChI is InChI=1S/C13H22N2O2S/c1-6-15(5)18(16,17)13-8-12(9-14-4)7-10(2)11(13)3/h7-8,14H,6,9H2,1-5H3. The van der Waals surface area contributed by atoms with Gasteiger partial charge in [0.05, 0.1) is 4.90 Å². The molecule has 0 aliphatic carbocycles. The number of aryl methyl sites for hydroxylation is 1. The van der Waals surface area contributed by atoms with Crippen molar-refractivity contribution >= 4 is 10.0 Å². The van der Waals surface area contributed by atoms with Crippen LogP contribution < -0.4 is 5.32 Å². The van der Waals surface area contributed by atoms with Crippen LogP contribution in [-0.4, -0.2) is 33.4 Å². The Labute approximate surface area is 110 Å². The van der Waals surface area contributed by atoms with E-state index in [0.717, 1.165) is 16.7 Å². The van der Waals surface area contributed by atoms with E-state index in [-0.39, 0.29) is 0 Å². The van der Waals surface area contributed by atoms with E-state index in [9.17, 15) is 8.42 Å². The molecule has 0 atom stereocenters. The fraction of sp³-hybridized carbons (Fsp3) is 0.538. The summed E-state index contributed by atoms with van der Waals surface area (Å²) in [5.74, 6) is 0. The summed E-state index contributed by atoms with van der Waals surface area (Å²) in [7, 11) is 0.0773. The van der Waals surface area contributed by atoms with E-state index < -0.39 is 10.0 Å². The first-order chi connectivity index (χ1) is 8.34. The van der Waals surface area contributed by atoms with E-state index >= 15 is 0 Å².